The van der Waals surface area contributed by atoms with E-state index in [9.17, 15) is 4.79 Å². The summed E-state index contributed by atoms with van der Waals surface area (Å²) < 4.78 is 5.22. The van der Waals surface area contributed by atoms with Gasteiger partial charge in [-0.15, -0.1) is 0 Å². The van der Waals surface area contributed by atoms with Crippen LogP contribution in [0.25, 0.3) is 0 Å². The molecule has 3 rings (SSSR count). The Labute approximate surface area is 154 Å². The highest BCUT2D eigenvalue weighted by Gasteiger charge is 2.15. The second-order valence-electron chi connectivity index (χ2n) is 6.50. The number of hydrogen-bond donors (Lipinski definition) is 1. The summed E-state index contributed by atoms with van der Waals surface area (Å²) in [6.07, 6.45) is 7.22. The maximum Gasteiger partial charge on any atom is 0.270 e. The molecule has 0 atom stereocenters. The highest BCUT2D eigenvalue weighted by Crippen LogP contribution is 2.15. The van der Waals surface area contributed by atoms with Gasteiger partial charge in [-0.3, -0.25) is 4.79 Å². The summed E-state index contributed by atoms with van der Waals surface area (Å²) in [6.45, 7) is 2.47. The van der Waals surface area contributed by atoms with E-state index in [0.29, 0.717) is 18.2 Å². The summed E-state index contributed by atoms with van der Waals surface area (Å²) >= 11 is 0. The average Bonchev–Trinajstić information content (AvgIpc) is 2.98. The number of benzene rings is 1. The predicted molar refractivity (Wildman–Crippen MR) is 102 cm³/mol. The lowest BCUT2D eigenvalue weighted by molar-refractivity contribution is 0.0949. The van der Waals surface area contributed by atoms with Crippen molar-refractivity contribution in [3.63, 3.8) is 0 Å². The molecule has 1 saturated heterocycles. The molecule has 0 saturated carbocycles. The molecular formula is C20H26N4O2. The number of nitrogens with one attached hydrogen (secondary N) is 1. The van der Waals surface area contributed by atoms with Gasteiger partial charge in [0.25, 0.3) is 5.91 Å². The zero-order valence-corrected chi connectivity index (χ0v) is 15.3. The summed E-state index contributed by atoms with van der Waals surface area (Å²) in [5, 5.41) is 2.94. The van der Waals surface area contributed by atoms with E-state index in [2.05, 4.69) is 20.2 Å². The van der Waals surface area contributed by atoms with Gasteiger partial charge in [0.2, 0.25) is 5.95 Å². The first-order chi connectivity index (χ1) is 12.8. The maximum absolute atomic E-state index is 12.4. The Kier molecular flexibility index (Phi) is 6.41. The minimum absolute atomic E-state index is 0.161. The predicted octanol–water partition coefficient (Wildman–Crippen LogP) is 2.84. The molecule has 1 aliphatic rings. The number of anilines is 1. The van der Waals surface area contributed by atoms with E-state index in [1.54, 1.807) is 19.4 Å². The number of hydrogen-bond acceptors (Lipinski definition) is 5. The lowest BCUT2D eigenvalue weighted by atomic mass is 10.1. The molecule has 6 nitrogen and oxygen atoms in total. The average molecular weight is 354 g/mol. The van der Waals surface area contributed by atoms with Gasteiger partial charge in [0, 0.05) is 25.8 Å². The van der Waals surface area contributed by atoms with E-state index in [0.717, 1.165) is 43.7 Å². The first kappa shape index (κ1) is 18.2. The van der Waals surface area contributed by atoms with Gasteiger partial charge in [-0.05, 0) is 43.0 Å². The number of amides is 1. The van der Waals surface area contributed by atoms with Crippen LogP contribution >= 0.6 is 0 Å². The summed E-state index contributed by atoms with van der Waals surface area (Å²) in [5.41, 5.74) is 1.54. The quantitative estimate of drug-likeness (QED) is 0.864. The van der Waals surface area contributed by atoms with E-state index in [1.807, 2.05) is 24.3 Å². The van der Waals surface area contributed by atoms with Crippen LogP contribution in [0.1, 0.15) is 41.7 Å². The second-order valence-corrected chi connectivity index (χ2v) is 6.50. The number of nitrogens with zero attached hydrogens (tertiary/aromatic N) is 3. The smallest absolute Gasteiger partial charge is 0.270 e. The summed E-state index contributed by atoms with van der Waals surface area (Å²) in [7, 11) is 1.65. The number of ether oxygens (including phenoxy) is 1. The molecule has 0 unspecified atom stereocenters. The monoisotopic (exact) mass is 354 g/mol. The molecule has 1 fully saturated rings. The van der Waals surface area contributed by atoms with Gasteiger partial charge in [-0.25, -0.2) is 9.97 Å². The van der Waals surface area contributed by atoms with Crippen LogP contribution in [-0.2, 0) is 6.42 Å². The highest BCUT2D eigenvalue weighted by molar-refractivity contribution is 5.92. The molecule has 0 spiro atoms. The Balaban J connectivity index is 1.56. The van der Waals surface area contributed by atoms with Gasteiger partial charge in [0.15, 0.2) is 0 Å². The van der Waals surface area contributed by atoms with Crippen molar-refractivity contribution in [1.29, 1.82) is 0 Å². The summed E-state index contributed by atoms with van der Waals surface area (Å²) in [6, 6.07) is 9.54. The van der Waals surface area contributed by atoms with Crippen LogP contribution in [0.5, 0.6) is 5.75 Å². The van der Waals surface area contributed by atoms with Crippen LogP contribution in [0.4, 0.5) is 5.95 Å². The third-order valence-corrected chi connectivity index (χ3v) is 4.60. The molecule has 0 aliphatic carbocycles. The molecule has 2 heterocycles. The Morgan fingerprint density at radius 2 is 2.00 bits per heavy atom. The third-order valence-electron chi connectivity index (χ3n) is 4.60. The van der Waals surface area contributed by atoms with E-state index in [1.165, 1.54) is 12.8 Å². The van der Waals surface area contributed by atoms with Gasteiger partial charge < -0.3 is 15.0 Å². The molecule has 0 radical (unpaired) electrons. The van der Waals surface area contributed by atoms with Crippen LogP contribution in [0.2, 0.25) is 0 Å². The van der Waals surface area contributed by atoms with Gasteiger partial charge in [0.05, 0.1) is 7.11 Å². The lowest BCUT2D eigenvalue weighted by Crippen LogP contribution is -2.29. The third kappa shape index (κ3) is 4.94. The molecule has 1 aromatic heterocycles. The zero-order chi connectivity index (χ0) is 18.2. The molecule has 1 aliphatic heterocycles. The Morgan fingerprint density at radius 1 is 1.19 bits per heavy atom. The Hall–Kier alpha value is -2.63. The van der Waals surface area contributed by atoms with Crippen molar-refractivity contribution >= 4 is 11.9 Å². The summed E-state index contributed by atoms with van der Waals surface area (Å²) in [5.74, 6) is 1.32. The number of aromatic nitrogens is 2. The van der Waals surface area contributed by atoms with Gasteiger partial charge >= 0.3 is 0 Å². The minimum Gasteiger partial charge on any atom is -0.497 e. The van der Waals surface area contributed by atoms with Crippen molar-refractivity contribution in [3.05, 3.63) is 47.8 Å². The van der Waals surface area contributed by atoms with Crippen LogP contribution < -0.4 is 15.0 Å². The van der Waals surface area contributed by atoms with Crippen molar-refractivity contribution in [1.82, 2.24) is 15.3 Å². The fourth-order valence-electron chi connectivity index (χ4n) is 3.14. The van der Waals surface area contributed by atoms with E-state index in [-0.39, 0.29) is 5.91 Å². The second kappa shape index (κ2) is 9.17. The number of methoxy groups -OCH3 is 1. The van der Waals surface area contributed by atoms with Crippen molar-refractivity contribution in [2.45, 2.75) is 32.1 Å². The topological polar surface area (TPSA) is 67.3 Å². The van der Waals surface area contributed by atoms with E-state index >= 15 is 0 Å². The van der Waals surface area contributed by atoms with Crippen LogP contribution in [0.15, 0.2) is 36.5 Å². The van der Waals surface area contributed by atoms with Gasteiger partial charge in [-0.1, -0.05) is 25.0 Å². The zero-order valence-electron chi connectivity index (χ0n) is 15.3. The molecule has 1 aromatic carbocycles. The molecular weight excluding hydrogens is 328 g/mol. The van der Waals surface area contributed by atoms with Crippen molar-refractivity contribution < 1.29 is 9.53 Å². The first-order valence-corrected chi connectivity index (χ1v) is 9.25. The SMILES string of the molecule is COc1cccc(CCNC(=O)c2ccnc(N3CCCCCC3)n2)c1. The largest absolute Gasteiger partial charge is 0.497 e. The standard InChI is InChI=1S/C20H26N4O2/c1-26-17-8-6-7-16(15-17)9-11-21-19(25)18-10-12-22-20(23-18)24-13-4-2-3-5-14-24/h6-8,10,12,15H,2-5,9,11,13-14H2,1H3,(H,21,25). The molecule has 1 N–H and O–H groups in total. The van der Waals surface area contributed by atoms with Gasteiger partial charge in [0.1, 0.15) is 11.4 Å². The summed E-state index contributed by atoms with van der Waals surface area (Å²) in [4.78, 5) is 23.4. The lowest BCUT2D eigenvalue weighted by Gasteiger charge is -2.20. The fourth-order valence-corrected chi connectivity index (χ4v) is 3.14. The normalized spacial score (nSPS) is 14.6. The van der Waals surface area contributed by atoms with Crippen molar-refractivity contribution in [3.8, 4) is 5.75 Å². The highest BCUT2D eigenvalue weighted by atomic mass is 16.5. The maximum atomic E-state index is 12.4. The van der Waals surface area contributed by atoms with Crippen LogP contribution in [0, 0.1) is 0 Å². The van der Waals surface area contributed by atoms with E-state index < -0.39 is 0 Å². The van der Waals surface area contributed by atoms with Gasteiger partial charge in [-0.2, -0.15) is 0 Å². The molecule has 0 bridgehead atoms. The molecule has 26 heavy (non-hydrogen) atoms. The minimum atomic E-state index is -0.161. The fraction of sp³-hybridized carbons (Fsp3) is 0.450. The molecule has 1 amide bonds. The van der Waals surface area contributed by atoms with E-state index in [4.69, 9.17) is 4.74 Å². The molecule has 138 valence electrons. The Morgan fingerprint density at radius 3 is 2.77 bits per heavy atom. The van der Waals surface area contributed by atoms with Crippen molar-refractivity contribution in [2.24, 2.45) is 0 Å². The number of carbonyl (C=O) groups is 1. The number of rotatable bonds is 6. The van der Waals surface area contributed by atoms with Crippen molar-refractivity contribution in [2.75, 3.05) is 31.6 Å². The van der Waals surface area contributed by atoms with Crippen LogP contribution in [0.3, 0.4) is 0 Å². The molecule has 6 heteroatoms. The number of carbonyl (C=O) groups excluding carboxylic acids is 1. The first-order valence-electron chi connectivity index (χ1n) is 9.25. The van der Waals surface area contributed by atoms with Crippen LogP contribution in [-0.4, -0.2) is 42.6 Å². The Bertz CT molecular complexity index is 727. The molecule has 2 aromatic rings.